The maximum atomic E-state index is 6.07. The van der Waals surface area contributed by atoms with Gasteiger partial charge in [-0.05, 0) is 12.0 Å². The summed E-state index contributed by atoms with van der Waals surface area (Å²) in [7, 11) is 2.00. The number of pyridine rings is 1. The molecule has 1 aromatic rings. The highest BCUT2D eigenvalue weighted by molar-refractivity contribution is 6.33. The number of rotatable bonds is 4. The molecule has 0 fully saturated rings. The lowest BCUT2D eigenvalue weighted by Gasteiger charge is -2.22. The van der Waals surface area contributed by atoms with Crippen LogP contribution in [0.4, 0.5) is 11.5 Å². The zero-order valence-electron chi connectivity index (χ0n) is 9.50. The van der Waals surface area contributed by atoms with Crippen molar-refractivity contribution in [3.8, 4) is 0 Å². The lowest BCUT2D eigenvalue weighted by atomic mass is 10.1. The number of nitrogen functional groups attached to an aromatic ring is 1. The first kappa shape index (κ1) is 12.1. The zero-order valence-corrected chi connectivity index (χ0v) is 10.3. The molecule has 1 unspecified atom stereocenters. The van der Waals surface area contributed by atoms with Gasteiger partial charge in [-0.15, -0.1) is 0 Å². The Morgan fingerprint density at radius 2 is 2.27 bits per heavy atom. The molecule has 2 N–H and O–H groups in total. The van der Waals surface area contributed by atoms with Crippen molar-refractivity contribution >= 4 is 23.1 Å². The van der Waals surface area contributed by atoms with Crippen LogP contribution >= 0.6 is 11.6 Å². The number of hydrogen-bond donors (Lipinski definition) is 1. The molecule has 0 bridgehead atoms. The highest BCUT2D eigenvalue weighted by Crippen LogP contribution is 2.24. The third-order valence-corrected chi connectivity index (χ3v) is 2.77. The fraction of sp³-hybridized carbons (Fsp3) is 0.545. The van der Waals surface area contributed by atoms with Gasteiger partial charge in [0.15, 0.2) is 0 Å². The summed E-state index contributed by atoms with van der Waals surface area (Å²) in [6, 6.07) is 1.73. The second kappa shape index (κ2) is 5.21. The number of nitrogens with two attached hydrogens (primary N) is 1. The standard InChI is InChI=1S/C11H18ClN3/c1-4-8(2)7-15(3)11-10(12)5-9(13)6-14-11/h5-6,8H,4,7,13H2,1-3H3. The van der Waals surface area contributed by atoms with E-state index in [1.165, 1.54) is 0 Å². The van der Waals surface area contributed by atoms with E-state index in [9.17, 15) is 0 Å². The van der Waals surface area contributed by atoms with Crippen molar-refractivity contribution in [3.05, 3.63) is 17.3 Å². The quantitative estimate of drug-likeness (QED) is 0.860. The van der Waals surface area contributed by atoms with E-state index in [2.05, 4.69) is 23.7 Å². The van der Waals surface area contributed by atoms with Gasteiger partial charge >= 0.3 is 0 Å². The van der Waals surface area contributed by atoms with Crippen LogP contribution in [-0.2, 0) is 0 Å². The third kappa shape index (κ3) is 3.27. The average Bonchev–Trinajstić information content (AvgIpc) is 2.17. The summed E-state index contributed by atoms with van der Waals surface area (Å²) >= 11 is 6.07. The van der Waals surface area contributed by atoms with Crippen molar-refractivity contribution in [3.63, 3.8) is 0 Å². The summed E-state index contributed by atoms with van der Waals surface area (Å²) in [4.78, 5) is 6.30. The number of halogens is 1. The number of hydrogen-bond acceptors (Lipinski definition) is 3. The number of anilines is 2. The normalized spacial score (nSPS) is 12.5. The van der Waals surface area contributed by atoms with Gasteiger partial charge in [-0.25, -0.2) is 4.98 Å². The van der Waals surface area contributed by atoms with E-state index in [0.717, 1.165) is 18.8 Å². The Morgan fingerprint density at radius 1 is 1.60 bits per heavy atom. The first-order valence-electron chi connectivity index (χ1n) is 5.16. The molecule has 0 aliphatic heterocycles. The van der Waals surface area contributed by atoms with Gasteiger partial charge in [-0.1, -0.05) is 31.9 Å². The minimum Gasteiger partial charge on any atom is -0.397 e. The molecule has 4 heteroatoms. The molecule has 0 amide bonds. The smallest absolute Gasteiger partial charge is 0.147 e. The van der Waals surface area contributed by atoms with Crippen molar-refractivity contribution in [1.29, 1.82) is 0 Å². The maximum absolute atomic E-state index is 6.07. The summed E-state index contributed by atoms with van der Waals surface area (Å²) in [5, 5.41) is 0.612. The molecule has 1 aromatic heterocycles. The molecule has 0 radical (unpaired) electrons. The molecule has 0 saturated carbocycles. The van der Waals surface area contributed by atoms with Gasteiger partial charge in [0.2, 0.25) is 0 Å². The van der Waals surface area contributed by atoms with Crippen LogP contribution in [0.2, 0.25) is 5.02 Å². The van der Waals surface area contributed by atoms with Crippen LogP contribution in [0, 0.1) is 5.92 Å². The van der Waals surface area contributed by atoms with Gasteiger partial charge in [0.05, 0.1) is 16.9 Å². The van der Waals surface area contributed by atoms with Crippen molar-refractivity contribution in [2.24, 2.45) is 5.92 Å². The number of aromatic nitrogens is 1. The lowest BCUT2D eigenvalue weighted by Crippen LogP contribution is -2.24. The molecule has 0 saturated heterocycles. The zero-order chi connectivity index (χ0) is 11.4. The van der Waals surface area contributed by atoms with Crippen molar-refractivity contribution in [2.45, 2.75) is 20.3 Å². The molecular formula is C11H18ClN3. The van der Waals surface area contributed by atoms with E-state index < -0.39 is 0 Å². The van der Waals surface area contributed by atoms with Gasteiger partial charge in [0.1, 0.15) is 5.82 Å². The Labute approximate surface area is 96.2 Å². The molecule has 3 nitrogen and oxygen atoms in total. The molecule has 84 valence electrons. The maximum Gasteiger partial charge on any atom is 0.147 e. The van der Waals surface area contributed by atoms with E-state index in [-0.39, 0.29) is 0 Å². The summed E-state index contributed by atoms with van der Waals surface area (Å²) in [6.07, 6.45) is 2.78. The molecule has 1 rings (SSSR count). The Bertz CT molecular complexity index is 328. The summed E-state index contributed by atoms with van der Waals surface area (Å²) < 4.78 is 0. The van der Waals surface area contributed by atoms with Crippen LogP contribution < -0.4 is 10.6 Å². The van der Waals surface area contributed by atoms with Crippen molar-refractivity contribution < 1.29 is 0 Å². The van der Waals surface area contributed by atoms with E-state index in [4.69, 9.17) is 17.3 Å². The Kier molecular flexibility index (Phi) is 4.21. The predicted octanol–water partition coefficient (Wildman–Crippen LogP) is 2.80. The van der Waals surface area contributed by atoms with Crippen molar-refractivity contribution in [1.82, 2.24) is 4.98 Å². The monoisotopic (exact) mass is 227 g/mol. The van der Waals surface area contributed by atoms with Gasteiger partial charge in [0.25, 0.3) is 0 Å². The van der Waals surface area contributed by atoms with Crippen LogP contribution in [-0.4, -0.2) is 18.6 Å². The Balaban J connectivity index is 2.77. The van der Waals surface area contributed by atoms with E-state index in [1.807, 2.05) is 7.05 Å². The fourth-order valence-electron chi connectivity index (χ4n) is 1.41. The molecule has 1 atom stereocenters. The Morgan fingerprint density at radius 3 is 2.80 bits per heavy atom. The average molecular weight is 228 g/mol. The Hall–Kier alpha value is -0.960. The van der Waals surface area contributed by atoms with Crippen LogP contribution in [0.15, 0.2) is 12.3 Å². The van der Waals surface area contributed by atoms with Crippen LogP contribution in [0.5, 0.6) is 0 Å². The fourth-order valence-corrected chi connectivity index (χ4v) is 1.73. The first-order valence-corrected chi connectivity index (χ1v) is 5.54. The summed E-state index contributed by atoms with van der Waals surface area (Å²) in [6.45, 7) is 5.34. The molecular weight excluding hydrogens is 210 g/mol. The molecule has 0 spiro atoms. The molecule has 1 heterocycles. The predicted molar refractivity (Wildman–Crippen MR) is 66.4 cm³/mol. The van der Waals surface area contributed by atoms with Gasteiger partial charge in [0, 0.05) is 13.6 Å². The molecule has 15 heavy (non-hydrogen) atoms. The van der Waals surface area contributed by atoms with E-state index in [1.54, 1.807) is 12.3 Å². The molecule has 0 aromatic carbocycles. The minimum absolute atomic E-state index is 0.598. The van der Waals surface area contributed by atoms with Gasteiger partial charge in [-0.3, -0.25) is 0 Å². The third-order valence-electron chi connectivity index (χ3n) is 2.49. The summed E-state index contributed by atoms with van der Waals surface area (Å²) in [5.41, 5.74) is 6.19. The molecule has 0 aliphatic carbocycles. The minimum atomic E-state index is 0.598. The van der Waals surface area contributed by atoms with Gasteiger partial charge in [-0.2, -0.15) is 0 Å². The van der Waals surface area contributed by atoms with Crippen molar-refractivity contribution in [2.75, 3.05) is 24.2 Å². The second-order valence-electron chi connectivity index (χ2n) is 3.97. The number of nitrogens with zero attached hydrogens (tertiary/aromatic N) is 2. The largest absolute Gasteiger partial charge is 0.397 e. The SMILES string of the molecule is CCC(C)CN(C)c1ncc(N)cc1Cl. The van der Waals surface area contributed by atoms with Crippen LogP contribution in [0.25, 0.3) is 0 Å². The topological polar surface area (TPSA) is 42.2 Å². The van der Waals surface area contributed by atoms with Crippen LogP contribution in [0.3, 0.4) is 0 Å². The second-order valence-corrected chi connectivity index (χ2v) is 4.38. The first-order chi connectivity index (χ1) is 7.04. The van der Waals surface area contributed by atoms with E-state index in [0.29, 0.717) is 16.6 Å². The lowest BCUT2D eigenvalue weighted by molar-refractivity contribution is 0.558. The van der Waals surface area contributed by atoms with Gasteiger partial charge < -0.3 is 10.6 Å². The highest BCUT2D eigenvalue weighted by Gasteiger charge is 2.10. The van der Waals surface area contributed by atoms with Crippen LogP contribution in [0.1, 0.15) is 20.3 Å². The van der Waals surface area contributed by atoms with E-state index >= 15 is 0 Å². The summed E-state index contributed by atoms with van der Waals surface area (Å²) in [5.74, 6) is 1.43. The highest BCUT2D eigenvalue weighted by atomic mass is 35.5. The molecule has 0 aliphatic rings.